The second kappa shape index (κ2) is 3.53. The first kappa shape index (κ1) is 6.34. The molecular weight excluding hydrogens is 92.1 g/mol. The maximum absolute atomic E-state index is 4.67. The van der Waals surface area contributed by atoms with Crippen molar-refractivity contribution in [3.63, 3.8) is 0 Å². The Hall–Kier alpha value is -0.660. The Morgan fingerprint density at radius 2 is 2.00 bits per heavy atom. The van der Waals surface area contributed by atoms with Gasteiger partial charge in [-0.15, -0.1) is 0 Å². The van der Waals surface area contributed by atoms with E-state index < -0.39 is 0 Å². The van der Waals surface area contributed by atoms with Crippen LogP contribution in [0.15, 0.2) is 5.76 Å². The zero-order valence-corrected chi connectivity index (χ0v) is 4.82. The summed E-state index contributed by atoms with van der Waals surface area (Å²) in [6.45, 7) is 1.77. The first-order valence-electron chi connectivity index (χ1n) is 1.97. The Kier molecular flexibility index (Phi) is 3.19. The van der Waals surface area contributed by atoms with E-state index in [-0.39, 0.29) is 0 Å². The number of hydrogen-bond donors (Lipinski definition) is 0. The van der Waals surface area contributed by atoms with Gasteiger partial charge in [0.2, 0.25) is 6.26 Å². The zero-order valence-electron chi connectivity index (χ0n) is 4.82. The normalized spacial score (nSPS) is 11.0. The van der Waals surface area contributed by atoms with Gasteiger partial charge in [0.15, 0.2) is 0 Å². The smallest absolute Gasteiger partial charge is 0.202 e. The Morgan fingerprint density at radius 1 is 1.43 bits per heavy atom. The molecule has 0 saturated carbocycles. The van der Waals surface area contributed by atoms with Crippen molar-refractivity contribution >= 4 is 0 Å². The molecule has 0 aromatic rings. The molecule has 0 rings (SSSR count). The molecule has 2 nitrogen and oxygen atoms in total. The predicted octanol–water partition coefficient (Wildman–Crippen LogP) is 0.944. The molecular formula is C5H9O2. The van der Waals surface area contributed by atoms with E-state index in [4.69, 9.17) is 0 Å². The summed E-state index contributed by atoms with van der Waals surface area (Å²) < 4.78 is 9.15. The van der Waals surface area contributed by atoms with Gasteiger partial charge in [-0.25, -0.2) is 0 Å². The van der Waals surface area contributed by atoms with E-state index in [2.05, 4.69) is 15.7 Å². The topological polar surface area (TPSA) is 18.5 Å². The zero-order chi connectivity index (χ0) is 5.70. The molecule has 0 aliphatic rings. The highest BCUT2D eigenvalue weighted by molar-refractivity contribution is 4.72. The van der Waals surface area contributed by atoms with Crippen molar-refractivity contribution in [2.24, 2.45) is 0 Å². The lowest BCUT2D eigenvalue weighted by Crippen LogP contribution is -1.79. The van der Waals surface area contributed by atoms with Gasteiger partial charge in [0.25, 0.3) is 0 Å². The largest absolute Gasteiger partial charge is 0.497 e. The Labute approximate surface area is 43.7 Å². The van der Waals surface area contributed by atoms with Crippen molar-refractivity contribution in [3.05, 3.63) is 12.0 Å². The highest BCUT2D eigenvalue weighted by atomic mass is 16.5. The van der Waals surface area contributed by atoms with Gasteiger partial charge in [0, 0.05) is 0 Å². The van der Waals surface area contributed by atoms with Crippen molar-refractivity contribution in [1.82, 2.24) is 0 Å². The van der Waals surface area contributed by atoms with Crippen LogP contribution in [0.5, 0.6) is 0 Å². The van der Waals surface area contributed by atoms with E-state index in [1.165, 1.54) is 7.11 Å². The summed E-state index contributed by atoms with van der Waals surface area (Å²) >= 11 is 0. The van der Waals surface area contributed by atoms with Crippen LogP contribution in [0.25, 0.3) is 0 Å². The Bertz CT molecular complexity index is 66.5. The monoisotopic (exact) mass is 101 g/mol. The fraction of sp³-hybridized carbons (Fsp3) is 0.600. The van der Waals surface area contributed by atoms with Crippen molar-refractivity contribution < 1.29 is 9.47 Å². The van der Waals surface area contributed by atoms with Gasteiger partial charge in [-0.3, -0.25) is 0 Å². The molecule has 0 spiro atoms. The fourth-order valence-electron chi connectivity index (χ4n) is 0.185. The third-order valence-corrected chi connectivity index (χ3v) is 0.552. The lowest BCUT2D eigenvalue weighted by Gasteiger charge is -1.93. The standard InChI is InChI=1S/C5H9O2/c1-5(7-3)4-6-2/h1-3H3. The van der Waals surface area contributed by atoms with Crippen LogP contribution in [-0.2, 0) is 9.47 Å². The molecule has 0 aromatic heterocycles. The minimum Gasteiger partial charge on any atom is -0.497 e. The lowest BCUT2D eigenvalue weighted by molar-refractivity contribution is 0.236. The molecule has 41 valence electrons. The summed E-state index contributed by atoms with van der Waals surface area (Å²) in [4.78, 5) is 0. The van der Waals surface area contributed by atoms with Crippen LogP contribution in [0.2, 0.25) is 0 Å². The van der Waals surface area contributed by atoms with Gasteiger partial charge in [-0.1, -0.05) is 0 Å². The molecule has 0 aromatic carbocycles. The second-order valence-electron chi connectivity index (χ2n) is 1.07. The van der Waals surface area contributed by atoms with Gasteiger partial charge in [0.1, 0.15) is 5.76 Å². The molecule has 7 heavy (non-hydrogen) atoms. The van der Waals surface area contributed by atoms with E-state index in [1.54, 1.807) is 14.0 Å². The SMILES string of the molecule is CO[C]=C(C)OC. The summed E-state index contributed by atoms with van der Waals surface area (Å²) in [6.07, 6.45) is 2.49. The van der Waals surface area contributed by atoms with Gasteiger partial charge in [-0.05, 0) is 6.92 Å². The maximum Gasteiger partial charge on any atom is 0.202 e. The van der Waals surface area contributed by atoms with Crippen LogP contribution < -0.4 is 0 Å². The molecule has 1 radical (unpaired) electrons. The molecule has 0 bridgehead atoms. The molecule has 0 unspecified atom stereocenters. The molecule has 0 heterocycles. The summed E-state index contributed by atoms with van der Waals surface area (Å²) in [7, 11) is 3.10. The quantitative estimate of drug-likeness (QED) is 0.482. The van der Waals surface area contributed by atoms with Crippen molar-refractivity contribution in [2.45, 2.75) is 6.92 Å². The molecule has 0 amide bonds. The first-order chi connectivity index (χ1) is 3.31. The number of hydrogen-bond acceptors (Lipinski definition) is 2. The summed E-state index contributed by atoms with van der Waals surface area (Å²) in [6, 6.07) is 0. The van der Waals surface area contributed by atoms with E-state index >= 15 is 0 Å². The van der Waals surface area contributed by atoms with Crippen molar-refractivity contribution in [3.8, 4) is 0 Å². The van der Waals surface area contributed by atoms with Gasteiger partial charge >= 0.3 is 0 Å². The third-order valence-electron chi connectivity index (χ3n) is 0.552. The summed E-state index contributed by atoms with van der Waals surface area (Å²) in [5.41, 5.74) is 0. The number of rotatable bonds is 2. The van der Waals surface area contributed by atoms with E-state index in [9.17, 15) is 0 Å². The minimum absolute atomic E-state index is 0.655. The number of ether oxygens (including phenoxy) is 2. The molecule has 0 aliphatic heterocycles. The maximum atomic E-state index is 4.67. The van der Waals surface area contributed by atoms with Crippen molar-refractivity contribution in [1.29, 1.82) is 0 Å². The lowest BCUT2D eigenvalue weighted by atomic mass is 10.6. The highest BCUT2D eigenvalue weighted by Crippen LogP contribution is 1.87. The van der Waals surface area contributed by atoms with Crippen LogP contribution in [0.3, 0.4) is 0 Å². The van der Waals surface area contributed by atoms with Gasteiger partial charge in [0.05, 0.1) is 14.2 Å². The third kappa shape index (κ3) is 3.16. The fourth-order valence-corrected chi connectivity index (χ4v) is 0.185. The summed E-state index contributed by atoms with van der Waals surface area (Å²) in [5, 5.41) is 0. The van der Waals surface area contributed by atoms with E-state index in [0.717, 1.165) is 0 Å². The molecule has 0 saturated heterocycles. The number of methoxy groups -OCH3 is 2. The van der Waals surface area contributed by atoms with Crippen molar-refractivity contribution in [2.75, 3.05) is 14.2 Å². The summed E-state index contributed by atoms with van der Waals surface area (Å²) in [5.74, 6) is 0.655. The minimum atomic E-state index is 0.655. The first-order valence-corrected chi connectivity index (χ1v) is 1.97. The Morgan fingerprint density at radius 3 is 2.14 bits per heavy atom. The van der Waals surface area contributed by atoms with E-state index in [0.29, 0.717) is 5.76 Å². The molecule has 0 aliphatic carbocycles. The van der Waals surface area contributed by atoms with Crippen LogP contribution in [0, 0.1) is 6.26 Å². The Balaban J connectivity index is 3.29. The molecule has 0 N–H and O–H groups in total. The highest BCUT2D eigenvalue weighted by Gasteiger charge is 1.79. The van der Waals surface area contributed by atoms with Gasteiger partial charge < -0.3 is 9.47 Å². The molecule has 0 atom stereocenters. The number of allylic oxidation sites excluding steroid dienone is 1. The average molecular weight is 101 g/mol. The second-order valence-corrected chi connectivity index (χ2v) is 1.07. The van der Waals surface area contributed by atoms with Crippen LogP contribution >= 0.6 is 0 Å². The molecule has 2 heteroatoms. The van der Waals surface area contributed by atoms with Crippen LogP contribution in [0.4, 0.5) is 0 Å². The van der Waals surface area contributed by atoms with Crippen LogP contribution in [-0.4, -0.2) is 14.2 Å². The molecule has 0 fully saturated rings. The van der Waals surface area contributed by atoms with Crippen LogP contribution in [0.1, 0.15) is 6.92 Å². The average Bonchev–Trinajstić information content (AvgIpc) is 1.68. The van der Waals surface area contributed by atoms with Gasteiger partial charge in [-0.2, -0.15) is 0 Å². The van der Waals surface area contributed by atoms with E-state index in [1.807, 2.05) is 0 Å². The predicted molar refractivity (Wildman–Crippen MR) is 26.4 cm³/mol.